The summed E-state index contributed by atoms with van der Waals surface area (Å²) in [4.78, 5) is 4.95. The van der Waals surface area contributed by atoms with E-state index in [2.05, 4.69) is 185 Å². The van der Waals surface area contributed by atoms with Crippen LogP contribution in [0.15, 0.2) is 188 Å². The summed E-state index contributed by atoms with van der Waals surface area (Å²) in [5, 5.41) is 3.61. The Balaban J connectivity index is 1.20. The molecular formula is C47H31N3. The third kappa shape index (κ3) is 4.48. The first-order chi connectivity index (χ1) is 24.8. The van der Waals surface area contributed by atoms with Crippen molar-refractivity contribution in [2.24, 2.45) is 0 Å². The number of pyridine rings is 1. The first-order valence-electron chi connectivity index (χ1n) is 17.1. The summed E-state index contributed by atoms with van der Waals surface area (Å²) in [5.41, 5.74) is 15.0. The summed E-state index contributed by atoms with van der Waals surface area (Å²) in [6.45, 7) is 0. The van der Waals surface area contributed by atoms with Crippen LogP contribution in [0, 0.1) is 0 Å². The van der Waals surface area contributed by atoms with E-state index in [4.69, 9.17) is 4.98 Å². The zero-order valence-electron chi connectivity index (χ0n) is 27.2. The molecule has 0 amide bonds. The van der Waals surface area contributed by atoms with Crippen LogP contribution in [0.3, 0.4) is 0 Å². The topological polar surface area (TPSA) is 22.8 Å². The summed E-state index contributed by atoms with van der Waals surface area (Å²) in [5.74, 6) is 0. The zero-order valence-corrected chi connectivity index (χ0v) is 27.2. The maximum atomic E-state index is 4.95. The van der Waals surface area contributed by atoms with Gasteiger partial charge in [0.05, 0.1) is 27.6 Å². The van der Waals surface area contributed by atoms with Crippen LogP contribution in [0.2, 0.25) is 0 Å². The quantitative estimate of drug-likeness (QED) is 0.184. The summed E-state index contributed by atoms with van der Waals surface area (Å²) < 4.78 is 4.79. The van der Waals surface area contributed by atoms with Crippen molar-refractivity contribution in [3.63, 3.8) is 0 Å². The van der Waals surface area contributed by atoms with Crippen molar-refractivity contribution in [2.45, 2.75) is 0 Å². The fourth-order valence-corrected chi connectivity index (χ4v) is 7.71. The van der Waals surface area contributed by atoms with E-state index in [-0.39, 0.29) is 0 Å². The van der Waals surface area contributed by atoms with Gasteiger partial charge in [-0.1, -0.05) is 127 Å². The van der Waals surface area contributed by atoms with Gasteiger partial charge in [0.2, 0.25) is 0 Å². The van der Waals surface area contributed by atoms with E-state index in [0.717, 1.165) is 38.9 Å². The predicted octanol–water partition coefficient (Wildman–Crippen LogP) is 12.3. The Kier molecular flexibility index (Phi) is 6.49. The third-order valence-electron chi connectivity index (χ3n) is 9.95. The Morgan fingerprint density at radius 2 is 0.920 bits per heavy atom. The van der Waals surface area contributed by atoms with E-state index in [1.807, 2.05) is 12.3 Å². The highest BCUT2D eigenvalue weighted by Gasteiger charge is 2.19. The number of benzene rings is 7. The number of aromatic nitrogens is 3. The second-order valence-corrected chi connectivity index (χ2v) is 12.8. The van der Waals surface area contributed by atoms with E-state index in [9.17, 15) is 0 Å². The first-order valence-corrected chi connectivity index (χ1v) is 17.1. The van der Waals surface area contributed by atoms with Crippen LogP contribution in [0.5, 0.6) is 0 Å². The van der Waals surface area contributed by atoms with Crippen LogP contribution in [-0.2, 0) is 0 Å². The summed E-state index contributed by atoms with van der Waals surface area (Å²) in [6, 6.07) is 65.4. The number of rotatable bonds is 5. The number of hydrogen-bond acceptors (Lipinski definition) is 1. The Labute approximate surface area is 290 Å². The van der Waals surface area contributed by atoms with E-state index in [1.165, 1.54) is 49.6 Å². The molecule has 3 nitrogen and oxygen atoms in total. The van der Waals surface area contributed by atoms with Crippen molar-refractivity contribution in [1.82, 2.24) is 14.1 Å². The van der Waals surface area contributed by atoms with Crippen LogP contribution in [0.4, 0.5) is 0 Å². The molecule has 0 aliphatic rings. The van der Waals surface area contributed by atoms with Crippen LogP contribution in [-0.4, -0.2) is 14.1 Å². The normalized spacial score (nSPS) is 11.6. The average Bonchev–Trinajstić information content (AvgIpc) is 3.71. The Morgan fingerprint density at radius 1 is 0.340 bits per heavy atom. The Hall–Kier alpha value is -6.71. The van der Waals surface area contributed by atoms with Gasteiger partial charge >= 0.3 is 0 Å². The number of para-hydroxylation sites is 2. The molecule has 10 rings (SSSR count). The van der Waals surface area contributed by atoms with Crippen LogP contribution < -0.4 is 0 Å². The van der Waals surface area contributed by atoms with E-state index in [0.29, 0.717) is 0 Å². The zero-order chi connectivity index (χ0) is 33.0. The van der Waals surface area contributed by atoms with Gasteiger partial charge in [-0.25, -0.2) is 0 Å². The molecule has 0 atom stereocenters. The molecule has 0 aliphatic heterocycles. The molecule has 3 heterocycles. The molecule has 0 saturated carbocycles. The van der Waals surface area contributed by atoms with Crippen molar-refractivity contribution in [3.05, 3.63) is 188 Å². The Bertz CT molecular complexity index is 2860. The average molecular weight is 638 g/mol. The lowest BCUT2D eigenvalue weighted by atomic mass is 10.00. The van der Waals surface area contributed by atoms with E-state index >= 15 is 0 Å². The van der Waals surface area contributed by atoms with Gasteiger partial charge in [0.15, 0.2) is 0 Å². The summed E-state index contributed by atoms with van der Waals surface area (Å²) >= 11 is 0. The maximum absolute atomic E-state index is 4.95. The molecular weight excluding hydrogens is 607 g/mol. The minimum atomic E-state index is 0.998. The molecule has 0 bridgehead atoms. The SMILES string of the molecule is c1ccc(-c2cccc(-n3c4ccc(-c5cccc6c7ccccc7n(-c7cccc(-c8ccccc8)c7)c56)cc4c4ncccc43)c2)cc1. The molecule has 10 aromatic rings. The van der Waals surface area contributed by atoms with Gasteiger partial charge in [0.25, 0.3) is 0 Å². The van der Waals surface area contributed by atoms with E-state index in [1.54, 1.807) is 0 Å². The lowest BCUT2D eigenvalue weighted by molar-refractivity contribution is 1.17. The van der Waals surface area contributed by atoms with Crippen molar-refractivity contribution < 1.29 is 0 Å². The standard InChI is InChI=1S/C47H31N3/c1-3-13-32(14-4-1)34-17-9-19-37(29-34)49-44-27-26-36(31-42(44)46-45(49)25-12-28-48-46)39-22-11-23-41-40-21-7-8-24-43(40)50(47(39)41)38-20-10-18-35(30-38)33-15-5-2-6-16-33/h1-31H. The van der Waals surface area contributed by atoms with Crippen molar-refractivity contribution >= 4 is 43.7 Å². The molecule has 0 aliphatic carbocycles. The molecule has 0 saturated heterocycles. The molecule has 0 fully saturated rings. The van der Waals surface area contributed by atoms with Crippen LogP contribution in [0.25, 0.3) is 88.5 Å². The van der Waals surface area contributed by atoms with E-state index < -0.39 is 0 Å². The highest BCUT2D eigenvalue weighted by Crippen LogP contribution is 2.41. The molecule has 3 aromatic heterocycles. The molecule has 0 unspecified atom stereocenters. The van der Waals surface area contributed by atoms with Gasteiger partial charge < -0.3 is 9.13 Å². The molecule has 0 N–H and O–H groups in total. The van der Waals surface area contributed by atoms with Crippen LogP contribution >= 0.6 is 0 Å². The fourth-order valence-electron chi connectivity index (χ4n) is 7.71. The summed E-state index contributed by atoms with van der Waals surface area (Å²) in [6.07, 6.45) is 1.90. The minimum Gasteiger partial charge on any atom is -0.309 e. The van der Waals surface area contributed by atoms with Crippen LogP contribution in [0.1, 0.15) is 0 Å². The highest BCUT2D eigenvalue weighted by molar-refractivity contribution is 6.15. The second-order valence-electron chi connectivity index (χ2n) is 12.8. The smallest absolute Gasteiger partial charge is 0.0963 e. The molecule has 234 valence electrons. The molecule has 0 spiro atoms. The predicted molar refractivity (Wildman–Crippen MR) is 209 cm³/mol. The Morgan fingerprint density at radius 3 is 1.66 bits per heavy atom. The number of nitrogens with zero attached hydrogens (tertiary/aromatic N) is 3. The number of hydrogen-bond donors (Lipinski definition) is 0. The largest absolute Gasteiger partial charge is 0.309 e. The monoisotopic (exact) mass is 637 g/mol. The second kappa shape index (κ2) is 11.5. The molecule has 50 heavy (non-hydrogen) atoms. The molecule has 0 radical (unpaired) electrons. The van der Waals surface area contributed by atoms with Gasteiger partial charge in [-0.3, -0.25) is 4.98 Å². The molecule has 3 heteroatoms. The maximum Gasteiger partial charge on any atom is 0.0963 e. The van der Waals surface area contributed by atoms with Gasteiger partial charge in [-0.15, -0.1) is 0 Å². The van der Waals surface area contributed by atoms with Gasteiger partial charge in [-0.2, -0.15) is 0 Å². The van der Waals surface area contributed by atoms with Crippen molar-refractivity contribution in [2.75, 3.05) is 0 Å². The lowest BCUT2D eigenvalue weighted by Crippen LogP contribution is -1.96. The lowest BCUT2D eigenvalue weighted by Gasteiger charge is -2.14. The minimum absolute atomic E-state index is 0.998. The van der Waals surface area contributed by atoms with Crippen molar-refractivity contribution in [1.29, 1.82) is 0 Å². The van der Waals surface area contributed by atoms with Gasteiger partial charge in [0, 0.05) is 39.3 Å². The van der Waals surface area contributed by atoms with Crippen molar-refractivity contribution in [3.8, 4) is 44.8 Å². The summed E-state index contributed by atoms with van der Waals surface area (Å²) in [7, 11) is 0. The van der Waals surface area contributed by atoms with Gasteiger partial charge in [-0.05, 0) is 82.4 Å². The van der Waals surface area contributed by atoms with Gasteiger partial charge in [0.1, 0.15) is 0 Å². The third-order valence-corrected chi connectivity index (χ3v) is 9.95. The fraction of sp³-hybridized carbons (Fsp3) is 0. The first kappa shape index (κ1) is 28.3. The molecule has 7 aromatic carbocycles. The highest BCUT2D eigenvalue weighted by atomic mass is 15.0. The number of fused-ring (bicyclic) bond motifs is 6.